The molecule has 0 spiro atoms. The van der Waals surface area contributed by atoms with Gasteiger partial charge in [0.25, 0.3) is 0 Å². The summed E-state index contributed by atoms with van der Waals surface area (Å²) in [4.78, 5) is 21.5. The van der Waals surface area contributed by atoms with Crippen molar-refractivity contribution < 1.29 is 19.2 Å². The fraction of sp³-hybridized carbons (Fsp3) is 0.318. The number of nitrogens with one attached hydrogen (secondary N) is 1. The van der Waals surface area contributed by atoms with Gasteiger partial charge in [0.15, 0.2) is 0 Å². The fourth-order valence-corrected chi connectivity index (χ4v) is 2.85. The number of hydrogen-bond donors (Lipinski definition) is 1. The third-order valence-corrected chi connectivity index (χ3v) is 4.23. The minimum Gasteiger partial charge on any atom is -0.374 e. The minimum atomic E-state index is -0.753. The van der Waals surface area contributed by atoms with Crippen molar-refractivity contribution in [1.82, 2.24) is 5.32 Å². The number of nitro groups is 1. The molecule has 0 saturated carbocycles. The van der Waals surface area contributed by atoms with Gasteiger partial charge in [0.1, 0.15) is 12.2 Å². The van der Waals surface area contributed by atoms with Gasteiger partial charge in [0.05, 0.1) is 19.3 Å². The maximum atomic E-state index is 11.1. The van der Waals surface area contributed by atoms with Crippen molar-refractivity contribution in [3.05, 3.63) is 88.0 Å². The molecule has 2 aromatic rings. The number of benzene rings is 2. The third-order valence-electron chi connectivity index (χ3n) is 4.23. The van der Waals surface area contributed by atoms with Crippen LogP contribution in [-0.4, -0.2) is 43.2 Å². The number of rotatable bonds is 13. The molecule has 0 aliphatic carbocycles. The van der Waals surface area contributed by atoms with Crippen LogP contribution in [0.4, 0.5) is 0 Å². The summed E-state index contributed by atoms with van der Waals surface area (Å²) >= 11 is 0. The SMILES string of the molecule is C[C@H](NC=O)[C@H](O[C@H](COC/C=C/c1ccccc1)C[N+](=O)[O-])c1ccccc1. The Bertz CT molecular complexity index is 767. The van der Waals surface area contributed by atoms with Crippen LogP contribution < -0.4 is 5.32 Å². The quantitative estimate of drug-likeness (QED) is 0.242. The lowest BCUT2D eigenvalue weighted by Crippen LogP contribution is -2.38. The first-order chi connectivity index (χ1) is 14.1. The van der Waals surface area contributed by atoms with E-state index >= 15 is 0 Å². The van der Waals surface area contributed by atoms with Gasteiger partial charge in [-0.1, -0.05) is 72.8 Å². The second-order valence-corrected chi connectivity index (χ2v) is 6.53. The molecule has 0 radical (unpaired) electrons. The molecule has 7 nitrogen and oxygen atoms in total. The van der Waals surface area contributed by atoms with Crippen molar-refractivity contribution in [2.75, 3.05) is 19.8 Å². The van der Waals surface area contributed by atoms with Gasteiger partial charge in [-0.05, 0) is 18.1 Å². The monoisotopic (exact) mass is 398 g/mol. The summed E-state index contributed by atoms with van der Waals surface area (Å²) in [6.45, 7) is 1.78. The minimum absolute atomic E-state index is 0.0667. The highest BCUT2D eigenvalue weighted by atomic mass is 16.6. The smallest absolute Gasteiger partial charge is 0.232 e. The van der Waals surface area contributed by atoms with Crippen molar-refractivity contribution in [3.63, 3.8) is 0 Å². The van der Waals surface area contributed by atoms with Gasteiger partial charge < -0.3 is 14.8 Å². The second-order valence-electron chi connectivity index (χ2n) is 6.53. The average molecular weight is 398 g/mol. The van der Waals surface area contributed by atoms with E-state index in [1.807, 2.05) is 72.8 Å². The van der Waals surface area contributed by atoms with Gasteiger partial charge in [0.2, 0.25) is 13.0 Å². The Morgan fingerprint density at radius 2 is 1.76 bits per heavy atom. The van der Waals surface area contributed by atoms with Crippen molar-refractivity contribution in [3.8, 4) is 0 Å². The number of carbonyl (C=O) groups is 1. The lowest BCUT2D eigenvalue weighted by atomic mass is 10.0. The molecule has 154 valence electrons. The van der Waals surface area contributed by atoms with Gasteiger partial charge in [0, 0.05) is 4.92 Å². The van der Waals surface area contributed by atoms with Crippen molar-refractivity contribution >= 4 is 12.5 Å². The predicted molar refractivity (Wildman–Crippen MR) is 111 cm³/mol. The Kier molecular flexibility index (Phi) is 9.54. The van der Waals surface area contributed by atoms with E-state index in [1.165, 1.54) is 0 Å². The highest BCUT2D eigenvalue weighted by Gasteiger charge is 2.26. The molecule has 0 aliphatic rings. The van der Waals surface area contributed by atoms with Crippen LogP contribution in [0, 0.1) is 10.1 Å². The summed E-state index contributed by atoms with van der Waals surface area (Å²) in [7, 11) is 0. The Hall–Kier alpha value is -3.03. The summed E-state index contributed by atoms with van der Waals surface area (Å²) in [5.74, 6) is 0. The molecule has 29 heavy (non-hydrogen) atoms. The molecule has 2 rings (SSSR count). The van der Waals surface area contributed by atoms with Crippen LogP contribution in [0.25, 0.3) is 6.08 Å². The number of amides is 1. The Morgan fingerprint density at radius 3 is 2.38 bits per heavy atom. The number of carbonyl (C=O) groups excluding carboxylic acids is 1. The molecule has 7 heteroatoms. The van der Waals surface area contributed by atoms with Gasteiger partial charge in [-0.15, -0.1) is 0 Å². The molecule has 2 aromatic carbocycles. The lowest BCUT2D eigenvalue weighted by Gasteiger charge is -2.27. The lowest BCUT2D eigenvalue weighted by molar-refractivity contribution is -0.493. The Morgan fingerprint density at radius 1 is 1.10 bits per heavy atom. The zero-order valence-electron chi connectivity index (χ0n) is 16.3. The highest BCUT2D eigenvalue weighted by molar-refractivity contribution is 5.48. The topological polar surface area (TPSA) is 90.7 Å². The van der Waals surface area contributed by atoms with Crippen LogP contribution in [0.3, 0.4) is 0 Å². The molecule has 1 N–H and O–H groups in total. The summed E-state index contributed by atoms with van der Waals surface area (Å²) in [6.07, 6.45) is 3.08. The molecule has 1 amide bonds. The third kappa shape index (κ3) is 8.25. The Labute approximate surface area is 170 Å². The molecule has 3 atom stereocenters. The van der Waals surface area contributed by atoms with Crippen molar-refractivity contribution in [2.45, 2.75) is 25.2 Å². The number of hydrogen-bond acceptors (Lipinski definition) is 5. The predicted octanol–water partition coefficient (Wildman–Crippen LogP) is 3.25. The van der Waals surface area contributed by atoms with Gasteiger partial charge >= 0.3 is 0 Å². The van der Waals surface area contributed by atoms with Gasteiger partial charge in [-0.25, -0.2) is 0 Å². The van der Waals surface area contributed by atoms with E-state index < -0.39 is 17.1 Å². The fourth-order valence-electron chi connectivity index (χ4n) is 2.85. The molecule has 0 aromatic heterocycles. The van der Waals surface area contributed by atoms with E-state index in [0.717, 1.165) is 11.1 Å². The van der Waals surface area contributed by atoms with Gasteiger partial charge in [-0.3, -0.25) is 14.9 Å². The number of nitrogens with zero attached hydrogens (tertiary/aromatic N) is 1. The van der Waals surface area contributed by atoms with Crippen LogP contribution in [0.5, 0.6) is 0 Å². The summed E-state index contributed by atoms with van der Waals surface area (Å²) < 4.78 is 11.6. The zero-order chi connectivity index (χ0) is 20.9. The first kappa shape index (κ1) is 22.3. The Balaban J connectivity index is 1.98. The zero-order valence-corrected chi connectivity index (χ0v) is 16.3. The van der Waals surface area contributed by atoms with E-state index in [0.29, 0.717) is 13.0 Å². The van der Waals surface area contributed by atoms with E-state index in [2.05, 4.69) is 5.32 Å². The molecule has 0 saturated heterocycles. The second kappa shape index (κ2) is 12.4. The number of ether oxygens (including phenoxy) is 2. The molecule has 0 unspecified atom stereocenters. The maximum Gasteiger partial charge on any atom is 0.232 e. The maximum absolute atomic E-state index is 11.1. The first-order valence-electron chi connectivity index (χ1n) is 9.41. The molecular weight excluding hydrogens is 372 g/mol. The normalized spacial score (nSPS) is 14.2. The van der Waals surface area contributed by atoms with E-state index in [-0.39, 0.29) is 19.2 Å². The van der Waals surface area contributed by atoms with Crippen LogP contribution in [0.15, 0.2) is 66.7 Å². The summed E-state index contributed by atoms with van der Waals surface area (Å²) in [5, 5.41) is 13.8. The largest absolute Gasteiger partial charge is 0.374 e. The average Bonchev–Trinajstić information content (AvgIpc) is 2.72. The molecule has 0 fully saturated rings. The molecule has 0 heterocycles. The van der Waals surface area contributed by atoms with Crippen LogP contribution in [0.2, 0.25) is 0 Å². The summed E-state index contributed by atoms with van der Waals surface area (Å²) in [5.41, 5.74) is 1.87. The van der Waals surface area contributed by atoms with E-state index in [1.54, 1.807) is 6.92 Å². The van der Waals surface area contributed by atoms with Crippen LogP contribution in [-0.2, 0) is 14.3 Å². The standard InChI is InChI=1S/C22H26N2O5/c1-18(23-17-25)22(20-12-6-3-7-13-20)29-21(15-24(26)27)16-28-14-8-11-19-9-4-2-5-10-19/h2-13,17-18,21-22H,14-16H2,1H3,(H,23,25)/b11-8+/t18-,21-,22-/m0/s1. The highest BCUT2D eigenvalue weighted by Crippen LogP contribution is 2.23. The van der Waals surface area contributed by atoms with Crippen LogP contribution >= 0.6 is 0 Å². The molecular formula is C22H26N2O5. The van der Waals surface area contributed by atoms with Crippen molar-refractivity contribution in [1.29, 1.82) is 0 Å². The van der Waals surface area contributed by atoms with Crippen molar-refractivity contribution in [2.24, 2.45) is 0 Å². The van der Waals surface area contributed by atoms with Gasteiger partial charge in [-0.2, -0.15) is 0 Å². The molecule has 0 bridgehead atoms. The van der Waals surface area contributed by atoms with E-state index in [9.17, 15) is 14.9 Å². The molecule has 0 aliphatic heterocycles. The summed E-state index contributed by atoms with van der Waals surface area (Å²) in [6, 6.07) is 18.7. The van der Waals surface area contributed by atoms with Crippen LogP contribution in [0.1, 0.15) is 24.2 Å². The van der Waals surface area contributed by atoms with E-state index in [4.69, 9.17) is 9.47 Å². The first-order valence-corrected chi connectivity index (χ1v) is 9.41.